The number of allylic oxidation sites excluding steroid dienone is 1. The Morgan fingerprint density at radius 3 is 1.67 bits per heavy atom. The first kappa shape index (κ1) is 14.4. The third kappa shape index (κ3) is 2.30. The average Bonchev–Trinajstić information content (AvgIpc) is 2.31. The van der Waals surface area contributed by atoms with E-state index >= 15 is 0 Å². The fourth-order valence-electron chi connectivity index (χ4n) is 0.981. The maximum Gasteiger partial charge on any atom is 0.344 e. The van der Waals surface area contributed by atoms with Crippen molar-refractivity contribution in [1.82, 2.24) is 0 Å². The quantitative estimate of drug-likeness (QED) is 0.282. The van der Waals surface area contributed by atoms with E-state index in [2.05, 4.69) is 4.18 Å². The largest absolute Gasteiger partial charge is 0.387 e. The van der Waals surface area contributed by atoms with Crippen molar-refractivity contribution in [2.45, 2.75) is 11.8 Å². The third-order valence-electron chi connectivity index (χ3n) is 1.74. The van der Waals surface area contributed by atoms with E-state index in [9.17, 15) is 30.4 Å². The Hall–Kier alpha value is -1.64. The second kappa shape index (κ2) is 4.92. The molecule has 0 aliphatic heterocycles. The summed E-state index contributed by atoms with van der Waals surface area (Å²) >= 11 is 0. The minimum absolute atomic E-state index is 0.521. The zero-order valence-corrected chi connectivity index (χ0v) is 9.49. The van der Waals surface area contributed by atoms with Gasteiger partial charge in [-0.25, -0.2) is 22.0 Å². The van der Waals surface area contributed by atoms with Crippen LogP contribution in [0, 0.1) is 29.1 Å². The van der Waals surface area contributed by atoms with Gasteiger partial charge in [0, 0.05) is 0 Å². The van der Waals surface area contributed by atoms with Gasteiger partial charge in [-0.1, -0.05) is 6.08 Å². The Labute approximate surface area is 98.6 Å². The zero-order chi connectivity index (χ0) is 14.1. The predicted octanol–water partition coefficient (Wildman–Crippen LogP) is 2.62. The number of hydrogen-bond donors (Lipinski definition) is 0. The van der Waals surface area contributed by atoms with Crippen molar-refractivity contribution in [3.05, 3.63) is 41.4 Å². The van der Waals surface area contributed by atoms with Crippen molar-refractivity contribution in [3.8, 4) is 0 Å². The normalized spacial score (nSPS) is 12.1. The fourth-order valence-corrected chi connectivity index (χ4v) is 1.95. The van der Waals surface area contributed by atoms with E-state index in [0.717, 1.165) is 6.08 Å². The lowest BCUT2D eigenvalue weighted by Gasteiger charge is -2.07. The van der Waals surface area contributed by atoms with Gasteiger partial charge >= 0.3 is 10.1 Å². The van der Waals surface area contributed by atoms with Gasteiger partial charge in [0.15, 0.2) is 28.2 Å². The van der Waals surface area contributed by atoms with Crippen LogP contribution in [-0.2, 0) is 14.3 Å². The molecule has 0 spiro atoms. The topological polar surface area (TPSA) is 43.4 Å². The van der Waals surface area contributed by atoms with Crippen LogP contribution in [0.5, 0.6) is 0 Å². The summed E-state index contributed by atoms with van der Waals surface area (Å²) < 4.78 is 90.8. The second-order valence-corrected chi connectivity index (χ2v) is 4.43. The molecule has 9 heteroatoms. The Balaban J connectivity index is 3.61. The van der Waals surface area contributed by atoms with E-state index in [1.54, 1.807) is 0 Å². The molecule has 1 aromatic carbocycles. The highest BCUT2D eigenvalue weighted by molar-refractivity contribution is 7.86. The lowest BCUT2D eigenvalue weighted by Crippen LogP contribution is -2.13. The van der Waals surface area contributed by atoms with E-state index < -0.39 is 44.1 Å². The SMILES string of the molecule is C/C=C/OS(=O)(=O)c1c(F)c(F)c(F)c(F)c1F. The minimum Gasteiger partial charge on any atom is -0.387 e. The van der Waals surface area contributed by atoms with Crippen LogP contribution in [0.1, 0.15) is 6.92 Å². The van der Waals surface area contributed by atoms with E-state index in [1.807, 2.05) is 0 Å². The van der Waals surface area contributed by atoms with Crippen molar-refractivity contribution in [3.63, 3.8) is 0 Å². The maximum absolute atomic E-state index is 13.1. The molecule has 100 valence electrons. The number of halogens is 5. The summed E-state index contributed by atoms with van der Waals surface area (Å²) in [5, 5.41) is 0. The highest BCUT2D eigenvalue weighted by atomic mass is 32.2. The molecule has 3 nitrogen and oxygen atoms in total. The molecular formula is C9H5F5O3S. The molecule has 0 heterocycles. The fraction of sp³-hybridized carbons (Fsp3) is 0.111. The summed E-state index contributed by atoms with van der Waals surface area (Å²) in [6.07, 6.45) is 1.57. The summed E-state index contributed by atoms with van der Waals surface area (Å²) in [4.78, 5) is -2.03. The summed E-state index contributed by atoms with van der Waals surface area (Å²) in [7, 11) is -5.13. The summed E-state index contributed by atoms with van der Waals surface area (Å²) in [5.41, 5.74) is 0. The standard InChI is InChI=1S/C9H5F5O3S/c1-2-3-17-18(15,16)9-7(13)5(11)4(10)6(12)8(9)14/h2-3H,1H3/b3-2+. The Bertz CT molecular complexity index is 580. The summed E-state index contributed by atoms with van der Waals surface area (Å²) in [6, 6.07) is 0. The second-order valence-electron chi connectivity index (χ2n) is 2.92. The first-order valence-electron chi connectivity index (χ1n) is 4.30. The molecule has 0 N–H and O–H groups in total. The Morgan fingerprint density at radius 1 is 0.889 bits per heavy atom. The molecule has 0 fully saturated rings. The number of benzene rings is 1. The van der Waals surface area contributed by atoms with E-state index in [4.69, 9.17) is 0 Å². The maximum atomic E-state index is 13.1. The van der Waals surface area contributed by atoms with Crippen LogP contribution in [0.4, 0.5) is 22.0 Å². The monoisotopic (exact) mass is 288 g/mol. The van der Waals surface area contributed by atoms with Crippen molar-refractivity contribution in [2.24, 2.45) is 0 Å². The van der Waals surface area contributed by atoms with Gasteiger partial charge in [0.05, 0.1) is 0 Å². The van der Waals surface area contributed by atoms with Crippen molar-refractivity contribution in [1.29, 1.82) is 0 Å². The average molecular weight is 288 g/mol. The van der Waals surface area contributed by atoms with Crippen LogP contribution in [0.3, 0.4) is 0 Å². The summed E-state index contributed by atoms with van der Waals surface area (Å²) in [5.74, 6) is -12.1. The molecule has 1 aromatic rings. The van der Waals surface area contributed by atoms with E-state index in [1.165, 1.54) is 6.92 Å². The molecule has 1 rings (SSSR count). The van der Waals surface area contributed by atoms with Crippen LogP contribution < -0.4 is 0 Å². The molecule has 0 amide bonds. The van der Waals surface area contributed by atoms with Crippen LogP contribution >= 0.6 is 0 Å². The molecule has 0 unspecified atom stereocenters. The molecule has 0 atom stereocenters. The number of hydrogen-bond acceptors (Lipinski definition) is 3. The molecule has 0 aliphatic rings. The molecule has 0 bridgehead atoms. The van der Waals surface area contributed by atoms with Crippen LogP contribution in [-0.4, -0.2) is 8.42 Å². The van der Waals surface area contributed by atoms with Crippen LogP contribution in [0.15, 0.2) is 17.2 Å². The van der Waals surface area contributed by atoms with Crippen molar-refractivity contribution >= 4 is 10.1 Å². The molecule has 18 heavy (non-hydrogen) atoms. The van der Waals surface area contributed by atoms with E-state index in [0.29, 0.717) is 6.26 Å². The van der Waals surface area contributed by atoms with Crippen molar-refractivity contribution < 1.29 is 34.6 Å². The highest BCUT2D eigenvalue weighted by Gasteiger charge is 2.34. The molecule has 0 aliphatic carbocycles. The molecule has 0 saturated carbocycles. The first-order valence-corrected chi connectivity index (χ1v) is 5.70. The zero-order valence-electron chi connectivity index (χ0n) is 8.68. The van der Waals surface area contributed by atoms with Gasteiger partial charge in [0.1, 0.15) is 6.26 Å². The van der Waals surface area contributed by atoms with Gasteiger partial charge in [-0.3, -0.25) is 0 Å². The van der Waals surface area contributed by atoms with Crippen molar-refractivity contribution in [2.75, 3.05) is 0 Å². The van der Waals surface area contributed by atoms with Gasteiger partial charge in [-0.15, -0.1) is 0 Å². The minimum atomic E-state index is -5.13. The van der Waals surface area contributed by atoms with Gasteiger partial charge < -0.3 is 4.18 Å². The van der Waals surface area contributed by atoms with Gasteiger partial charge in [0.2, 0.25) is 5.82 Å². The number of rotatable bonds is 3. The molecule has 0 radical (unpaired) electrons. The smallest absolute Gasteiger partial charge is 0.344 e. The summed E-state index contributed by atoms with van der Waals surface area (Å²) in [6.45, 7) is 1.31. The lowest BCUT2D eigenvalue weighted by atomic mass is 10.3. The predicted molar refractivity (Wildman–Crippen MR) is 49.3 cm³/mol. The van der Waals surface area contributed by atoms with Gasteiger partial charge in [-0.2, -0.15) is 8.42 Å². The van der Waals surface area contributed by atoms with Crippen LogP contribution in [0.25, 0.3) is 0 Å². The van der Waals surface area contributed by atoms with E-state index in [-0.39, 0.29) is 0 Å². The Morgan fingerprint density at radius 2 is 1.28 bits per heavy atom. The first-order chi connectivity index (χ1) is 8.24. The highest BCUT2D eigenvalue weighted by Crippen LogP contribution is 2.27. The molecular weight excluding hydrogens is 283 g/mol. The van der Waals surface area contributed by atoms with Gasteiger partial charge in [-0.05, 0) is 6.92 Å². The molecule has 0 aromatic heterocycles. The third-order valence-corrected chi connectivity index (χ3v) is 2.96. The van der Waals surface area contributed by atoms with Crippen LogP contribution in [0.2, 0.25) is 0 Å². The Kier molecular flexibility index (Phi) is 3.95. The molecule has 0 saturated heterocycles. The lowest BCUT2D eigenvalue weighted by molar-refractivity contribution is 0.349. The van der Waals surface area contributed by atoms with Gasteiger partial charge in [0.25, 0.3) is 0 Å².